The van der Waals surface area contributed by atoms with E-state index in [1.165, 1.54) is 17.0 Å². The highest BCUT2D eigenvalue weighted by Gasteiger charge is 2.36. The van der Waals surface area contributed by atoms with Crippen LogP contribution < -0.4 is 0 Å². The van der Waals surface area contributed by atoms with Crippen LogP contribution in [-0.2, 0) is 4.74 Å². The zero-order valence-electron chi connectivity index (χ0n) is 12.7. The number of nitro benzene ring substituents is 1. The lowest BCUT2D eigenvalue weighted by molar-refractivity contribution is -0.383. The third-order valence-electron chi connectivity index (χ3n) is 4.58. The van der Waals surface area contributed by atoms with Crippen molar-refractivity contribution in [3.8, 4) is 0 Å². The lowest BCUT2D eigenvalue weighted by Gasteiger charge is -2.28. The molecule has 2 aliphatic rings. The minimum absolute atomic E-state index is 0.108. The number of nitro groups is 1. The first-order valence-electron chi connectivity index (χ1n) is 7.76. The molecule has 0 radical (unpaired) electrons. The van der Waals surface area contributed by atoms with Gasteiger partial charge < -0.3 is 4.74 Å². The number of rotatable bonds is 3. The molecule has 2 aliphatic heterocycles. The first-order valence-corrected chi connectivity index (χ1v) is 7.76. The summed E-state index contributed by atoms with van der Waals surface area (Å²) in [5.74, 6) is -0.844. The molecule has 0 bridgehead atoms. The van der Waals surface area contributed by atoms with Crippen LogP contribution in [0.15, 0.2) is 30.3 Å². The van der Waals surface area contributed by atoms with E-state index in [0.29, 0.717) is 28.5 Å². The van der Waals surface area contributed by atoms with Gasteiger partial charge in [-0.25, -0.2) is 0 Å². The van der Waals surface area contributed by atoms with Crippen LogP contribution in [0.2, 0.25) is 0 Å². The minimum atomic E-state index is -0.503. The fourth-order valence-corrected chi connectivity index (χ4v) is 3.45. The highest BCUT2D eigenvalue weighted by molar-refractivity contribution is 6.26. The topological polar surface area (TPSA) is 89.8 Å². The molecule has 1 atom stereocenters. The van der Waals surface area contributed by atoms with Crippen LogP contribution in [0.3, 0.4) is 0 Å². The van der Waals surface area contributed by atoms with Crippen molar-refractivity contribution in [3.05, 3.63) is 51.6 Å². The molecule has 2 heterocycles. The minimum Gasteiger partial charge on any atom is -0.376 e. The number of ether oxygens (including phenoxy) is 1. The Hall–Kier alpha value is -2.80. The number of amides is 2. The van der Waals surface area contributed by atoms with Gasteiger partial charge in [-0.1, -0.05) is 6.07 Å². The first-order chi connectivity index (χ1) is 11.6. The summed E-state index contributed by atoms with van der Waals surface area (Å²) in [6.45, 7) is 0.851. The van der Waals surface area contributed by atoms with Gasteiger partial charge in [-0.05, 0) is 31.0 Å². The molecule has 4 rings (SSSR count). The van der Waals surface area contributed by atoms with Crippen LogP contribution in [0, 0.1) is 10.1 Å². The molecule has 122 valence electrons. The van der Waals surface area contributed by atoms with Crippen molar-refractivity contribution in [2.45, 2.75) is 18.9 Å². The predicted molar refractivity (Wildman–Crippen MR) is 84.9 cm³/mol. The summed E-state index contributed by atoms with van der Waals surface area (Å²) in [6, 6.07) is 7.52. The van der Waals surface area contributed by atoms with Crippen LogP contribution in [0.25, 0.3) is 10.8 Å². The normalized spacial score (nSPS) is 20.0. The first kappa shape index (κ1) is 14.8. The molecule has 0 saturated carbocycles. The molecule has 1 saturated heterocycles. The lowest BCUT2D eigenvalue weighted by Crippen LogP contribution is -2.44. The lowest BCUT2D eigenvalue weighted by atomic mass is 9.93. The van der Waals surface area contributed by atoms with E-state index in [1.807, 2.05) is 0 Å². The van der Waals surface area contributed by atoms with Crippen molar-refractivity contribution in [2.24, 2.45) is 0 Å². The Balaban J connectivity index is 1.85. The fourth-order valence-electron chi connectivity index (χ4n) is 3.45. The van der Waals surface area contributed by atoms with Gasteiger partial charge in [0, 0.05) is 29.2 Å². The zero-order valence-corrected chi connectivity index (χ0v) is 12.7. The summed E-state index contributed by atoms with van der Waals surface area (Å²) >= 11 is 0. The van der Waals surface area contributed by atoms with Gasteiger partial charge >= 0.3 is 0 Å². The van der Waals surface area contributed by atoms with Gasteiger partial charge in [0.15, 0.2) is 0 Å². The van der Waals surface area contributed by atoms with Crippen molar-refractivity contribution in [1.29, 1.82) is 0 Å². The van der Waals surface area contributed by atoms with Crippen LogP contribution in [0.1, 0.15) is 33.6 Å². The summed E-state index contributed by atoms with van der Waals surface area (Å²) in [4.78, 5) is 37.4. The second-order valence-corrected chi connectivity index (χ2v) is 5.97. The van der Waals surface area contributed by atoms with E-state index < -0.39 is 16.7 Å². The Bertz CT molecular complexity index is 864. The maximum Gasteiger partial charge on any atom is 0.277 e. The molecule has 0 N–H and O–H groups in total. The predicted octanol–water partition coefficient (Wildman–Crippen LogP) is 2.52. The Kier molecular flexibility index (Phi) is 3.31. The molecule has 7 nitrogen and oxygen atoms in total. The van der Waals surface area contributed by atoms with E-state index in [-0.39, 0.29) is 18.3 Å². The third-order valence-corrected chi connectivity index (χ3v) is 4.58. The van der Waals surface area contributed by atoms with Crippen LogP contribution in [-0.4, -0.2) is 40.9 Å². The molecule has 24 heavy (non-hydrogen) atoms. The molecule has 2 aromatic rings. The van der Waals surface area contributed by atoms with E-state index in [4.69, 9.17) is 4.74 Å². The number of nitrogens with zero attached hydrogens (tertiary/aromatic N) is 2. The Morgan fingerprint density at radius 2 is 1.92 bits per heavy atom. The summed E-state index contributed by atoms with van der Waals surface area (Å²) in [6.07, 6.45) is 1.59. The average molecular weight is 326 g/mol. The smallest absolute Gasteiger partial charge is 0.277 e. The molecule has 0 aromatic heterocycles. The van der Waals surface area contributed by atoms with E-state index in [2.05, 4.69) is 0 Å². The molecule has 0 unspecified atom stereocenters. The summed E-state index contributed by atoms with van der Waals surface area (Å²) in [7, 11) is 0. The van der Waals surface area contributed by atoms with Gasteiger partial charge in [0.1, 0.15) is 0 Å². The van der Waals surface area contributed by atoms with E-state index in [0.717, 1.165) is 12.8 Å². The fraction of sp³-hybridized carbons (Fsp3) is 0.294. The summed E-state index contributed by atoms with van der Waals surface area (Å²) in [5, 5.41) is 11.9. The van der Waals surface area contributed by atoms with Crippen molar-refractivity contribution in [3.63, 3.8) is 0 Å². The molecular weight excluding hydrogens is 312 g/mol. The Morgan fingerprint density at radius 3 is 2.58 bits per heavy atom. The maximum atomic E-state index is 12.8. The molecule has 7 heteroatoms. The molecular formula is C17H14N2O5. The van der Waals surface area contributed by atoms with Gasteiger partial charge in [-0.3, -0.25) is 24.6 Å². The molecule has 2 amide bonds. The highest BCUT2D eigenvalue weighted by Crippen LogP contribution is 2.35. The second-order valence-electron chi connectivity index (χ2n) is 5.97. The largest absolute Gasteiger partial charge is 0.376 e. The van der Waals surface area contributed by atoms with Crippen molar-refractivity contribution >= 4 is 28.3 Å². The second kappa shape index (κ2) is 5.38. The number of carbonyl (C=O) groups excluding carboxylic acids is 2. The molecule has 2 aromatic carbocycles. The van der Waals surface area contributed by atoms with Gasteiger partial charge in [-0.2, -0.15) is 0 Å². The third kappa shape index (κ3) is 2.09. The van der Waals surface area contributed by atoms with Crippen molar-refractivity contribution < 1.29 is 19.2 Å². The summed E-state index contributed by atoms with van der Waals surface area (Å²) in [5.41, 5.74) is 0.538. The SMILES string of the molecule is O=C1c2cccc3c([N+](=O)[O-])ccc(c23)C(=O)N1C[C@H]1CCCO1. The van der Waals surface area contributed by atoms with Crippen molar-refractivity contribution in [1.82, 2.24) is 4.90 Å². The monoisotopic (exact) mass is 326 g/mol. The number of carbonyl (C=O) groups is 2. The van der Waals surface area contributed by atoms with E-state index in [9.17, 15) is 19.7 Å². The molecule has 0 spiro atoms. The number of non-ortho nitro benzene ring substituents is 1. The molecule has 0 aliphatic carbocycles. The number of hydrogen-bond donors (Lipinski definition) is 0. The van der Waals surface area contributed by atoms with Crippen LogP contribution >= 0.6 is 0 Å². The van der Waals surface area contributed by atoms with Gasteiger partial charge in [0.05, 0.1) is 23.0 Å². The number of benzene rings is 2. The zero-order chi connectivity index (χ0) is 16.8. The van der Waals surface area contributed by atoms with E-state index in [1.54, 1.807) is 18.2 Å². The van der Waals surface area contributed by atoms with Gasteiger partial charge in [0.2, 0.25) is 0 Å². The van der Waals surface area contributed by atoms with Crippen LogP contribution in [0.5, 0.6) is 0 Å². The number of hydrogen-bond acceptors (Lipinski definition) is 5. The van der Waals surface area contributed by atoms with E-state index >= 15 is 0 Å². The number of imide groups is 1. The summed E-state index contributed by atoms with van der Waals surface area (Å²) < 4.78 is 5.53. The quantitative estimate of drug-likeness (QED) is 0.491. The van der Waals surface area contributed by atoms with Crippen LogP contribution in [0.4, 0.5) is 5.69 Å². The highest BCUT2D eigenvalue weighted by atomic mass is 16.6. The molecule has 1 fully saturated rings. The Morgan fingerprint density at radius 1 is 1.17 bits per heavy atom. The van der Waals surface area contributed by atoms with Crippen molar-refractivity contribution in [2.75, 3.05) is 13.2 Å². The van der Waals surface area contributed by atoms with Gasteiger partial charge in [0.25, 0.3) is 17.5 Å². The Labute approximate surface area is 137 Å². The average Bonchev–Trinajstić information content (AvgIpc) is 3.09. The standard InChI is InChI=1S/C17H14N2O5/c20-16-12-5-1-4-11-14(19(22)23)7-6-13(15(11)12)17(21)18(16)9-10-3-2-8-24-10/h1,4-7,10H,2-3,8-9H2/t10-/m1/s1. The maximum absolute atomic E-state index is 12.8. The van der Waals surface area contributed by atoms with Gasteiger partial charge in [-0.15, -0.1) is 0 Å².